The largest absolute Gasteiger partial charge is 0.509 e. The normalized spacial score (nSPS) is 20.1. The van der Waals surface area contributed by atoms with E-state index in [1.807, 2.05) is 6.07 Å². The number of carbonyl (C=O) groups excluding carboxylic acids is 3. The van der Waals surface area contributed by atoms with Gasteiger partial charge in [-0.2, -0.15) is 0 Å². The second-order valence-electron chi connectivity index (χ2n) is 10.7. The van der Waals surface area contributed by atoms with Gasteiger partial charge in [-0.15, -0.1) is 0 Å². The second kappa shape index (κ2) is 19.3. The van der Waals surface area contributed by atoms with E-state index in [0.717, 1.165) is 24.8 Å². The molecule has 0 spiro atoms. The first kappa shape index (κ1) is 33.4. The molecule has 0 bridgehead atoms. The lowest BCUT2D eigenvalue weighted by molar-refractivity contribution is -0.155. The molecule has 0 radical (unpaired) electrons. The van der Waals surface area contributed by atoms with E-state index in [1.54, 1.807) is 24.3 Å². The zero-order valence-corrected chi connectivity index (χ0v) is 24.3. The van der Waals surface area contributed by atoms with Gasteiger partial charge in [0, 0.05) is 0 Å². The average Bonchev–Trinajstić information content (AvgIpc) is 3.16. The predicted molar refractivity (Wildman–Crippen MR) is 150 cm³/mol. The Morgan fingerprint density at radius 2 is 1.35 bits per heavy atom. The zero-order valence-electron chi connectivity index (χ0n) is 24.3. The first-order chi connectivity index (χ1) is 19.3. The maximum Gasteiger partial charge on any atom is 0.509 e. The van der Waals surface area contributed by atoms with Crippen molar-refractivity contribution in [1.29, 1.82) is 0 Å². The average molecular weight is 565 g/mol. The lowest BCUT2D eigenvalue weighted by atomic mass is 9.98. The van der Waals surface area contributed by atoms with E-state index >= 15 is 0 Å². The molecule has 1 aliphatic rings. The molecule has 0 aromatic heterocycles. The summed E-state index contributed by atoms with van der Waals surface area (Å²) in [5, 5.41) is 10.5. The van der Waals surface area contributed by atoms with E-state index in [2.05, 4.69) is 6.92 Å². The van der Waals surface area contributed by atoms with Gasteiger partial charge in [0.1, 0.15) is 13.2 Å². The van der Waals surface area contributed by atoms with Crippen molar-refractivity contribution in [1.82, 2.24) is 0 Å². The highest BCUT2D eigenvalue weighted by molar-refractivity contribution is 5.83. The quantitative estimate of drug-likeness (QED) is 0.101. The van der Waals surface area contributed by atoms with Gasteiger partial charge in [0.25, 0.3) is 0 Å². The Labute approximate surface area is 238 Å². The topological polar surface area (TPSA) is 118 Å². The molecular formula is C31H48O9. The van der Waals surface area contributed by atoms with E-state index in [4.69, 9.17) is 23.7 Å². The molecule has 0 unspecified atom stereocenters. The maximum atomic E-state index is 12.2. The number of unbranched alkanes of at least 4 members (excludes halogenated alkanes) is 13. The number of hydrogen-bond donors (Lipinski definition) is 1. The fourth-order valence-electron chi connectivity index (χ4n) is 4.61. The van der Waals surface area contributed by atoms with Crippen LogP contribution in [0.15, 0.2) is 30.3 Å². The summed E-state index contributed by atoms with van der Waals surface area (Å²) in [4.78, 5) is 36.2. The molecule has 1 N–H and O–H groups in total. The lowest BCUT2D eigenvalue weighted by Crippen LogP contribution is -2.47. The Hall–Kier alpha value is -2.81. The summed E-state index contributed by atoms with van der Waals surface area (Å²) in [6, 6.07) is 8.96. The molecular weight excluding hydrogens is 516 g/mol. The minimum absolute atomic E-state index is 0.0455. The van der Waals surface area contributed by atoms with Crippen molar-refractivity contribution in [3.8, 4) is 0 Å². The Kier molecular flexibility index (Phi) is 16.1. The molecule has 1 aliphatic heterocycles. The summed E-state index contributed by atoms with van der Waals surface area (Å²) in [7, 11) is 0. The van der Waals surface area contributed by atoms with Crippen LogP contribution in [0.5, 0.6) is 0 Å². The minimum Gasteiger partial charge on any atom is -0.452 e. The second-order valence-corrected chi connectivity index (χ2v) is 10.7. The van der Waals surface area contributed by atoms with Crippen LogP contribution in [-0.2, 0) is 35.1 Å². The number of rotatable bonds is 20. The number of ether oxygens (including phenoxy) is 5. The van der Waals surface area contributed by atoms with Crippen molar-refractivity contribution in [2.45, 2.75) is 128 Å². The molecule has 0 aliphatic carbocycles. The van der Waals surface area contributed by atoms with Crippen molar-refractivity contribution < 1.29 is 43.2 Å². The fourth-order valence-corrected chi connectivity index (χ4v) is 4.61. The highest BCUT2D eigenvalue weighted by atomic mass is 16.8. The first-order valence-corrected chi connectivity index (χ1v) is 14.9. The Bertz CT molecular complexity index is 856. The third-order valence-electron chi connectivity index (χ3n) is 7.07. The van der Waals surface area contributed by atoms with E-state index in [9.17, 15) is 19.5 Å². The summed E-state index contributed by atoms with van der Waals surface area (Å²) in [5.74, 6) is -0.988. The number of benzene rings is 1. The van der Waals surface area contributed by atoms with Crippen LogP contribution < -0.4 is 0 Å². The molecule has 9 heteroatoms. The molecule has 1 fully saturated rings. The SMILES string of the molecule is CCCCCCCCCCCCCCCCOC(=O)OC[C@H]1OC(=O)[C@@](C)(O)[C@@H]1OC(=O)OCc1ccccc1. The highest BCUT2D eigenvalue weighted by Crippen LogP contribution is 2.29. The predicted octanol–water partition coefficient (Wildman–Crippen LogP) is 7.02. The number of carbonyl (C=O) groups is 3. The van der Waals surface area contributed by atoms with Gasteiger partial charge in [0.05, 0.1) is 6.61 Å². The monoisotopic (exact) mass is 564 g/mol. The molecule has 40 heavy (non-hydrogen) atoms. The van der Waals surface area contributed by atoms with Crippen LogP contribution >= 0.6 is 0 Å². The van der Waals surface area contributed by atoms with Crippen LogP contribution in [-0.4, -0.2) is 54.4 Å². The molecule has 9 nitrogen and oxygen atoms in total. The summed E-state index contributed by atoms with van der Waals surface area (Å²) in [6.45, 7) is 3.16. The van der Waals surface area contributed by atoms with Crippen molar-refractivity contribution in [3.63, 3.8) is 0 Å². The van der Waals surface area contributed by atoms with Gasteiger partial charge in [-0.05, 0) is 18.9 Å². The molecule has 1 heterocycles. The van der Waals surface area contributed by atoms with Gasteiger partial charge in [-0.1, -0.05) is 121 Å². The molecule has 1 saturated heterocycles. The van der Waals surface area contributed by atoms with Crippen molar-refractivity contribution in [2.24, 2.45) is 0 Å². The molecule has 3 atom stereocenters. The van der Waals surface area contributed by atoms with E-state index in [1.165, 1.54) is 77.6 Å². The number of aliphatic hydroxyl groups is 1. The van der Waals surface area contributed by atoms with Crippen LogP contribution in [0.25, 0.3) is 0 Å². The first-order valence-electron chi connectivity index (χ1n) is 14.9. The molecule has 2 rings (SSSR count). The van der Waals surface area contributed by atoms with Crippen LogP contribution in [0.1, 0.15) is 109 Å². The van der Waals surface area contributed by atoms with E-state index in [0.29, 0.717) is 0 Å². The van der Waals surface area contributed by atoms with Crippen LogP contribution in [0.3, 0.4) is 0 Å². The van der Waals surface area contributed by atoms with Crippen molar-refractivity contribution >= 4 is 18.3 Å². The van der Waals surface area contributed by atoms with Gasteiger partial charge in [0.2, 0.25) is 0 Å². The fraction of sp³-hybridized carbons (Fsp3) is 0.710. The standard InChI is InChI=1S/C31H48O9/c1-3-4-5-6-7-8-9-10-11-12-13-14-15-19-22-36-29(33)38-24-26-27(31(2,35)28(32)39-26)40-30(34)37-23-25-20-17-16-18-21-25/h16-18,20-21,26-27,35H,3-15,19,22-24H2,1-2H3/t26-,27-,31+/m1/s1. The number of hydrogen-bond acceptors (Lipinski definition) is 9. The van der Waals surface area contributed by atoms with E-state index < -0.39 is 42.7 Å². The molecule has 0 amide bonds. The Balaban J connectivity index is 1.53. The van der Waals surface area contributed by atoms with Gasteiger partial charge < -0.3 is 28.8 Å². The summed E-state index contributed by atoms with van der Waals surface area (Å²) < 4.78 is 25.4. The summed E-state index contributed by atoms with van der Waals surface area (Å²) >= 11 is 0. The summed E-state index contributed by atoms with van der Waals surface area (Å²) in [5.41, 5.74) is -1.37. The smallest absolute Gasteiger partial charge is 0.452 e. The molecule has 1 aromatic carbocycles. The van der Waals surface area contributed by atoms with Crippen LogP contribution in [0.2, 0.25) is 0 Å². The number of esters is 1. The van der Waals surface area contributed by atoms with Gasteiger partial charge in [-0.25, -0.2) is 14.4 Å². The number of cyclic esters (lactones) is 1. The van der Waals surface area contributed by atoms with Crippen LogP contribution in [0.4, 0.5) is 9.59 Å². The molecule has 1 aromatic rings. The van der Waals surface area contributed by atoms with Gasteiger partial charge in [0.15, 0.2) is 17.8 Å². The lowest BCUT2D eigenvalue weighted by Gasteiger charge is -2.23. The van der Waals surface area contributed by atoms with E-state index in [-0.39, 0.29) is 13.2 Å². The van der Waals surface area contributed by atoms with Gasteiger partial charge in [-0.3, -0.25) is 0 Å². The third kappa shape index (κ3) is 13.0. The zero-order chi connectivity index (χ0) is 29.1. The highest BCUT2D eigenvalue weighted by Gasteiger charge is 2.56. The van der Waals surface area contributed by atoms with Crippen molar-refractivity contribution in [2.75, 3.05) is 13.2 Å². The molecule has 226 valence electrons. The Morgan fingerprint density at radius 1 is 0.800 bits per heavy atom. The third-order valence-corrected chi connectivity index (χ3v) is 7.07. The minimum atomic E-state index is -2.11. The Morgan fingerprint density at radius 3 is 1.93 bits per heavy atom. The van der Waals surface area contributed by atoms with Crippen molar-refractivity contribution in [3.05, 3.63) is 35.9 Å². The maximum absolute atomic E-state index is 12.2. The van der Waals surface area contributed by atoms with Gasteiger partial charge >= 0.3 is 18.3 Å². The molecule has 0 saturated carbocycles. The van der Waals surface area contributed by atoms with Crippen LogP contribution in [0, 0.1) is 0 Å². The summed E-state index contributed by atoms with van der Waals surface area (Å²) in [6.07, 6.45) is 12.7.